The first-order valence-corrected chi connectivity index (χ1v) is 11.6. The molecule has 2 N–H and O–H groups in total. The summed E-state index contributed by atoms with van der Waals surface area (Å²) in [5.74, 6) is 1.96. The van der Waals surface area contributed by atoms with Crippen molar-refractivity contribution >= 4 is 23.4 Å². The Morgan fingerprint density at radius 3 is 2.44 bits per heavy atom. The maximum Gasteiger partial charge on any atom is 0.240 e. The van der Waals surface area contributed by atoms with Gasteiger partial charge in [0.2, 0.25) is 11.1 Å². The quantitative estimate of drug-likeness (QED) is 0.430. The highest BCUT2D eigenvalue weighted by Gasteiger charge is 2.38. The molecule has 2 heterocycles. The van der Waals surface area contributed by atoms with Crippen LogP contribution < -0.4 is 20.2 Å². The molecule has 0 aliphatic carbocycles. The Balaban J connectivity index is 1.50. The van der Waals surface area contributed by atoms with Crippen molar-refractivity contribution in [2.45, 2.75) is 16.4 Å². The third-order valence-electron chi connectivity index (χ3n) is 5.54. The van der Waals surface area contributed by atoms with Gasteiger partial charge >= 0.3 is 0 Å². The minimum Gasteiger partial charge on any atom is -0.497 e. The van der Waals surface area contributed by atoms with Crippen molar-refractivity contribution in [3.8, 4) is 22.9 Å². The molecule has 4 aromatic rings. The standard InChI is InChI=1S/C25H23N5O3S/c1-32-19-13-11-16(12-14-19)21-22(24(31)26-18-9-6-10-20(15-18)33-2)34-25-28-27-23(30(25)29-21)17-7-4-3-5-8-17/h3-15,21-22,29H,1-2H3,(H,26,31)/t21-,22+/m0/s1. The van der Waals surface area contributed by atoms with Crippen LogP contribution in [0, 0.1) is 0 Å². The second-order valence-corrected chi connectivity index (χ2v) is 8.76. The lowest BCUT2D eigenvalue weighted by atomic mass is 10.0. The second kappa shape index (κ2) is 9.48. The van der Waals surface area contributed by atoms with Crippen LogP contribution in [0.1, 0.15) is 11.6 Å². The molecule has 0 radical (unpaired) electrons. The molecule has 9 heteroatoms. The average Bonchev–Trinajstić information content (AvgIpc) is 3.31. The van der Waals surface area contributed by atoms with E-state index in [0.29, 0.717) is 22.4 Å². The monoisotopic (exact) mass is 473 g/mol. The number of methoxy groups -OCH3 is 2. The van der Waals surface area contributed by atoms with Gasteiger partial charge < -0.3 is 20.2 Å². The molecule has 172 valence electrons. The highest BCUT2D eigenvalue weighted by atomic mass is 32.2. The number of hydrogen-bond acceptors (Lipinski definition) is 7. The van der Waals surface area contributed by atoms with Crippen LogP contribution in [0.25, 0.3) is 11.4 Å². The predicted octanol–water partition coefficient (Wildman–Crippen LogP) is 4.36. The molecule has 0 fully saturated rings. The molecule has 0 saturated carbocycles. The van der Waals surface area contributed by atoms with E-state index in [-0.39, 0.29) is 11.9 Å². The van der Waals surface area contributed by atoms with E-state index in [1.165, 1.54) is 11.8 Å². The molecular formula is C25H23N5O3S. The summed E-state index contributed by atoms with van der Waals surface area (Å²) in [5, 5.41) is 11.9. The molecule has 8 nitrogen and oxygen atoms in total. The Hall–Kier alpha value is -3.98. The molecule has 0 spiro atoms. The highest BCUT2D eigenvalue weighted by Crippen LogP contribution is 2.39. The van der Waals surface area contributed by atoms with Crippen LogP contribution in [0.5, 0.6) is 11.5 Å². The zero-order valence-corrected chi connectivity index (χ0v) is 19.5. The van der Waals surface area contributed by atoms with Gasteiger partial charge in [-0.05, 0) is 29.8 Å². The van der Waals surface area contributed by atoms with Crippen molar-refractivity contribution in [1.82, 2.24) is 14.9 Å². The summed E-state index contributed by atoms with van der Waals surface area (Å²) in [6.45, 7) is 0. The topological polar surface area (TPSA) is 90.3 Å². The van der Waals surface area contributed by atoms with Gasteiger partial charge in [0.1, 0.15) is 16.7 Å². The lowest BCUT2D eigenvalue weighted by Crippen LogP contribution is -2.41. The van der Waals surface area contributed by atoms with E-state index >= 15 is 0 Å². The highest BCUT2D eigenvalue weighted by molar-refractivity contribution is 8.00. The molecule has 34 heavy (non-hydrogen) atoms. The summed E-state index contributed by atoms with van der Waals surface area (Å²) in [7, 11) is 3.22. The van der Waals surface area contributed by atoms with Gasteiger partial charge in [-0.15, -0.1) is 10.2 Å². The lowest BCUT2D eigenvalue weighted by molar-refractivity contribution is -0.116. The zero-order valence-electron chi connectivity index (χ0n) is 18.6. The maximum atomic E-state index is 13.5. The summed E-state index contributed by atoms with van der Waals surface area (Å²) < 4.78 is 12.4. The van der Waals surface area contributed by atoms with Crippen molar-refractivity contribution in [3.63, 3.8) is 0 Å². The van der Waals surface area contributed by atoms with Crippen LogP contribution in [-0.4, -0.2) is 40.3 Å². The number of ether oxygens (including phenoxy) is 2. The van der Waals surface area contributed by atoms with Crippen LogP contribution in [-0.2, 0) is 4.79 Å². The van der Waals surface area contributed by atoms with Gasteiger partial charge in [-0.3, -0.25) is 4.79 Å². The average molecular weight is 474 g/mol. The third-order valence-corrected chi connectivity index (χ3v) is 6.75. The van der Waals surface area contributed by atoms with Gasteiger partial charge in [-0.2, -0.15) is 0 Å². The van der Waals surface area contributed by atoms with Crippen molar-refractivity contribution in [1.29, 1.82) is 0 Å². The Labute approximate surface area is 201 Å². The van der Waals surface area contributed by atoms with Gasteiger partial charge in [0, 0.05) is 17.3 Å². The number of hydrogen-bond donors (Lipinski definition) is 2. The first-order chi connectivity index (χ1) is 16.7. The zero-order chi connectivity index (χ0) is 23.5. The minimum atomic E-state index is -0.500. The van der Waals surface area contributed by atoms with E-state index in [9.17, 15) is 4.79 Å². The molecule has 3 aromatic carbocycles. The Morgan fingerprint density at radius 2 is 1.71 bits per heavy atom. The van der Waals surface area contributed by atoms with Crippen molar-refractivity contribution < 1.29 is 14.3 Å². The van der Waals surface area contributed by atoms with Crippen LogP contribution in [0.4, 0.5) is 5.69 Å². The minimum absolute atomic E-state index is 0.151. The first kappa shape index (κ1) is 21.8. The SMILES string of the molecule is COc1ccc([C@@H]2Nn3c(nnc3-c3ccccc3)S[C@H]2C(=O)Nc2cccc(OC)c2)cc1. The molecule has 1 amide bonds. The number of nitrogens with one attached hydrogen (secondary N) is 2. The van der Waals surface area contributed by atoms with E-state index in [0.717, 1.165) is 16.9 Å². The Bertz CT molecular complexity index is 1290. The van der Waals surface area contributed by atoms with E-state index in [2.05, 4.69) is 20.9 Å². The van der Waals surface area contributed by atoms with E-state index in [4.69, 9.17) is 9.47 Å². The molecule has 0 saturated heterocycles. The second-order valence-electron chi connectivity index (χ2n) is 7.65. The fourth-order valence-corrected chi connectivity index (χ4v) is 4.88. The van der Waals surface area contributed by atoms with Crippen LogP contribution >= 0.6 is 11.8 Å². The number of nitrogens with zero attached hydrogens (tertiary/aromatic N) is 3. The number of amides is 1. The number of aromatic nitrogens is 3. The van der Waals surface area contributed by atoms with E-state index in [1.54, 1.807) is 20.3 Å². The third kappa shape index (κ3) is 4.29. The van der Waals surface area contributed by atoms with Gasteiger partial charge in [-0.1, -0.05) is 60.3 Å². The smallest absolute Gasteiger partial charge is 0.240 e. The molecule has 0 bridgehead atoms. The van der Waals surface area contributed by atoms with Crippen LogP contribution in [0.2, 0.25) is 0 Å². The molecule has 1 aromatic heterocycles. The Morgan fingerprint density at radius 1 is 0.941 bits per heavy atom. The van der Waals surface area contributed by atoms with Gasteiger partial charge in [0.25, 0.3) is 0 Å². The molecule has 2 atom stereocenters. The van der Waals surface area contributed by atoms with Crippen molar-refractivity contribution in [3.05, 3.63) is 84.4 Å². The number of carbonyl (C=O) groups excluding carboxylic acids is 1. The number of rotatable bonds is 6. The van der Waals surface area contributed by atoms with Gasteiger partial charge in [0.05, 0.1) is 20.3 Å². The lowest BCUT2D eigenvalue weighted by Gasteiger charge is -2.33. The molecule has 0 unspecified atom stereocenters. The normalized spacial score (nSPS) is 16.8. The summed E-state index contributed by atoms with van der Waals surface area (Å²) in [4.78, 5) is 13.5. The van der Waals surface area contributed by atoms with E-state index < -0.39 is 5.25 Å². The molecular weight excluding hydrogens is 450 g/mol. The number of anilines is 1. The Kier molecular flexibility index (Phi) is 6.09. The largest absolute Gasteiger partial charge is 0.497 e. The summed E-state index contributed by atoms with van der Waals surface area (Å²) >= 11 is 1.38. The molecule has 5 rings (SSSR count). The maximum absolute atomic E-state index is 13.5. The van der Waals surface area contributed by atoms with E-state index in [1.807, 2.05) is 77.5 Å². The summed E-state index contributed by atoms with van der Waals surface area (Å²) in [5.41, 5.74) is 6.02. The predicted molar refractivity (Wildman–Crippen MR) is 132 cm³/mol. The van der Waals surface area contributed by atoms with Crippen molar-refractivity contribution in [2.24, 2.45) is 0 Å². The summed E-state index contributed by atoms with van der Waals surface area (Å²) in [6.07, 6.45) is 0. The number of fused-ring (bicyclic) bond motifs is 1. The van der Waals surface area contributed by atoms with Gasteiger partial charge in [-0.25, -0.2) is 4.68 Å². The van der Waals surface area contributed by atoms with Crippen LogP contribution in [0.3, 0.4) is 0 Å². The van der Waals surface area contributed by atoms with Gasteiger partial charge in [0.15, 0.2) is 5.82 Å². The summed E-state index contributed by atoms with van der Waals surface area (Å²) in [6, 6.07) is 24.5. The molecule has 1 aliphatic rings. The number of thioether (sulfide) groups is 1. The number of carbonyl (C=O) groups is 1. The fraction of sp³-hybridized carbons (Fsp3) is 0.160. The van der Waals surface area contributed by atoms with Crippen LogP contribution in [0.15, 0.2) is 84.0 Å². The first-order valence-electron chi connectivity index (χ1n) is 10.7. The fourth-order valence-electron chi connectivity index (χ4n) is 3.80. The number of benzene rings is 3. The molecule has 1 aliphatic heterocycles. The van der Waals surface area contributed by atoms with Crippen molar-refractivity contribution in [2.75, 3.05) is 25.0 Å².